The first-order valence-corrected chi connectivity index (χ1v) is 6.47. The molecule has 17 heavy (non-hydrogen) atoms. The summed E-state index contributed by atoms with van der Waals surface area (Å²) < 4.78 is 1.10. The van der Waals surface area contributed by atoms with Gasteiger partial charge in [0.15, 0.2) is 0 Å². The van der Waals surface area contributed by atoms with E-state index in [2.05, 4.69) is 27.9 Å². The Bertz CT molecular complexity index is 464. The van der Waals surface area contributed by atoms with Gasteiger partial charge in [0.05, 0.1) is 0 Å². The van der Waals surface area contributed by atoms with E-state index >= 15 is 0 Å². The molecule has 1 aromatic rings. The zero-order valence-corrected chi connectivity index (χ0v) is 11.1. The van der Waals surface area contributed by atoms with Crippen LogP contribution in [-0.2, 0) is 11.2 Å². The fourth-order valence-corrected chi connectivity index (χ4v) is 2.54. The SMILES string of the molecule is C#CC1CC(=O)N(CCc2ccccc2Br)C1. The first-order chi connectivity index (χ1) is 8.20. The molecule has 1 aliphatic heterocycles. The van der Waals surface area contributed by atoms with Gasteiger partial charge in [-0.3, -0.25) is 4.79 Å². The summed E-state index contributed by atoms with van der Waals surface area (Å²) in [5, 5.41) is 0. The molecule has 0 aromatic heterocycles. The second-order valence-corrected chi connectivity index (χ2v) is 5.10. The van der Waals surface area contributed by atoms with Gasteiger partial charge in [0.25, 0.3) is 0 Å². The molecule has 2 rings (SSSR count). The Morgan fingerprint density at radius 1 is 1.47 bits per heavy atom. The van der Waals surface area contributed by atoms with Crippen LogP contribution in [0.25, 0.3) is 0 Å². The fourth-order valence-electron chi connectivity index (χ4n) is 2.06. The van der Waals surface area contributed by atoms with Crippen molar-refractivity contribution in [2.45, 2.75) is 12.8 Å². The Balaban J connectivity index is 1.94. The van der Waals surface area contributed by atoms with E-state index in [1.165, 1.54) is 5.56 Å². The van der Waals surface area contributed by atoms with Gasteiger partial charge in [0.1, 0.15) is 0 Å². The third-order valence-corrected chi connectivity index (χ3v) is 3.83. The summed E-state index contributed by atoms with van der Waals surface area (Å²) in [5.41, 5.74) is 1.23. The second kappa shape index (κ2) is 5.37. The van der Waals surface area contributed by atoms with Crippen molar-refractivity contribution in [2.75, 3.05) is 13.1 Å². The highest BCUT2D eigenvalue weighted by Gasteiger charge is 2.27. The molecule has 3 heteroatoms. The van der Waals surface area contributed by atoms with Gasteiger partial charge in [-0.05, 0) is 18.1 Å². The standard InChI is InChI=1S/C14H14BrNO/c1-2-11-9-14(17)16(10-11)8-7-12-5-3-4-6-13(12)15/h1,3-6,11H,7-10H2. The number of carbonyl (C=O) groups is 1. The number of hydrogen-bond donors (Lipinski definition) is 0. The first-order valence-electron chi connectivity index (χ1n) is 5.68. The summed E-state index contributed by atoms with van der Waals surface area (Å²) in [5.74, 6) is 2.94. The number of carbonyl (C=O) groups excluding carboxylic acids is 1. The predicted octanol–water partition coefficient (Wildman–Crippen LogP) is 2.47. The summed E-state index contributed by atoms with van der Waals surface area (Å²) in [6, 6.07) is 8.09. The largest absolute Gasteiger partial charge is 0.341 e. The highest BCUT2D eigenvalue weighted by atomic mass is 79.9. The monoisotopic (exact) mass is 291 g/mol. The lowest BCUT2D eigenvalue weighted by Gasteiger charge is -2.16. The lowest BCUT2D eigenvalue weighted by atomic mass is 10.1. The van der Waals surface area contributed by atoms with Gasteiger partial charge >= 0.3 is 0 Å². The van der Waals surface area contributed by atoms with E-state index in [9.17, 15) is 4.79 Å². The predicted molar refractivity (Wildman–Crippen MR) is 71.4 cm³/mol. The molecule has 0 N–H and O–H groups in total. The van der Waals surface area contributed by atoms with Crippen LogP contribution in [0, 0.1) is 18.3 Å². The highest BCUT2D eigenvalue weighted by Crippen LogP contribution is 2.20. The second-order valence-electron chi connectivity index (χ2n) is 4.25. The van der Waals surface area contributed by atoms with Crippen molar-refractivity contribution in [3.8, 4) is 12.3 Å². The van der Waals surface area contributed by atoms with Crippen LogP contribution < -0.4 is 0 Å². The number of halogens is 1. The third kappa shape index (κ3) is 2.89. The van der Waals surface area contributed by atoms with E-state index < -0.39 is 0 Å². The maximum atomic E-state index is 11.7. The van der Waals surface area contributed by atoms with Gasteiger partial charge < -0.3 is 4.90 Å². The molecule has 1 unspecified atom stereocenters. The molecule has 1 aliphatic rings. The molecule has 1 aromatic carbocycles. The average Bonchev–Trinajstić information content (AvgIpc) is 2.69. The Labute approximate surface area is 110 Å². The summed E-state index contributed by atoms with van der Waals surface area (Å²) in [6.07, 6.45) is 6.73. The fraction of sp³-hybridized carbons (Fsp3) is 0.357. The van der Waals surface area contributed by atoms with E-state index in [1.807, 2.05) is 23.1 Å². The van der Waals surface area contributed by atoms with Gasteiger partial charge in [-0.25, -0.2) is 0 Å². The van der Waals surface area contributed by atoms with E-state index in [-0.39, 0.29) is 11.8 Å². The first kappa shape index (κ1) is 12.2. The van der Waals surface area contributed by atoms with Gasteiger partial charge in [-0.15, -0.1) is 12.3 Å². The topological polar surface area (TPSA) is 20.3 Å². The smallest absolute Gasteiger partial charge is 0.223 e. The van der Waals surface area contributed by atoms with Crippen molar-refractivity contribution in [1.82, 2.24) is 4.90 Å². The van der Waals surface area contributed by atoms with Crippen LogP contribution in [0.5, 0.6) is 0 Å². The van der Waals surface area contributed by atoms with Crippen LogP contribution >= 0.6 is 15.9 Å². The van der Waals surface area contributed by atoms with E-state index in [0.717, 1.165) is 17.4 Å². The lowest BCUT2D eigenvalue weighted by Crippen LogP contribution is -2.27. The van der Waals surface area contributed by atoms with Crippen molar-refractivity contribution >= 4 is 21.8 Å². The Hall–Kier alpha value is -1.27. The van der Waals surface area contributed by atoms with Gasteiger partial charge in [0.2, 0.25) is 5.91 Å². The van der Waals surface area contributed by atoms with Crippen LogP contribution in [0.2, 0.25) is 0 Å². The zero-order chi connectivity index (χ0) is 12.3. The van der Waals surface area contributed by atoms with Gasteiger partial charge in [-0.1, -0.05) is 34.1 Å². The molecular weight excluding hydrogens is 278 g/mol. The number of terminal acetylenes is 1. The van der Waals surface area contributed by atoms with Crippen LogP contribution in [0.3, 0.4) is 0 Å². The number of benzene rings is 1. The molecular formula is C14H14BrNO. The average molecular weight is 292 g/mol. The molecule has 1 atom stereocenters. The molecule has 0 spiro atoms. The third-order valence-electron chi connectivity index (χ3n) is 3.06. The minimum atomic E-state index is 0.0988. The van der Waals surface area contributed by atoms with Crippen molar-refractivity contribution in [1.29, 1.82) is 0 Å². The van der Waals surface area contributed by atoms with E-state index in [0.29, 0.717) is 13.0 Å². The van der Waals surface area contributed by atoms with E-state index in [4.69, 9.17) is 6.42 Å². The summed E-state index contributed by atoms with van der Waals surface area (Å²) in [4.78, 5) is 13.5. The van der Waals surface area contributed by atoms with Crippen molar-refractivity contribution in [3.63, 3.8) is 0 Å². The summed E-state index contributed by atoms with van der Waals surface area (Å²) in [7, 11) is 0. The van der Waals surface area contributed by atoms with Crippen molar-refractivity contribution in [3.05, 3.63) is 34.3 Å². The highest BCUT2D eigenvalue weighted by molar-refractivity contribution is 9.10. The molecule has 0 radical (unpaired) electrons. The van der Waals surface area contributed by atoms with Crippen LogP contribution in [0.1, 0.15) is 12.0 Å². The van der Waals surface area contributed by atoms with Crippen LogP contribution in [0.15, 0.2) is 28.7 Å². The molecule has 0 bridgehead atoms. The maximum Gasteiger partial charge on any atom is 0.223 e. The number of amides is 1. The van der Waals surface area contributed by atoms with Gasteiger partial charge in [-0.2, -0.15) is 0 Å². The molecule has 88 valence electrons. The minimum absolute atomic E-state index is 0.0988. The molecule has 1 heterocycles. The summed E-state index contributed by atoms with van der Waals surface area (Å²) >= 11 is 3.51. The molecule has 1 saturated heterocycles. The number of hydrogen-bond acceptors (Lipinski definition) is 1. The minimum Gasteiger partial charge on any atom is -0.341 e. The lowest BCUT2D eigenvalue weighted by molar-refractivity contribution is -0.127. The molecule has 0 saturated carbocycles. The normalized spacial score (nSPS) is 19.4. The van der Waals surface area contributed by atoms with Crippen molar-refractivity contribution in [2.24, 2.45) is 5.92 Å². The molecule has 0 aliphatic carbocycles. The molecule has 1 amide bonds. The zero-order valence-electron chi connectivity index (χ0n) is 9.53. The quantitative estimate of drug-likeness (QED) is 0.784. The van der Waals surface area contributed by atoms with E-state index in [1.54, 1.807) is 0 Å². The van der Waals surface area contributed by atoms with Crippen LogP contribution in [0.4, 0.5) is 0 Å². The van der Waals surface area contributed by atoms with Gasteiger partial charge in [0, 0.05) is 29.9 Å². The maximum absolute atomic E-state index is 11.7. The number of likely N-dealkylation sites (tertiary alicyclic amines) is 1. The summed E-state index contributed by atoms with van der Waals surface area (Å²) in [6.45, 7) is 1.46. The number of rotatable bonds is 3. The van der Waals surface area contributed by atoms with Crippen LogP contribution in [-0.4, -0.2) is 23.9 Å². The number of nitrogens with zero attached hydrogens (tertiary/aromatic N) is 1. The molecule has 1 fully saturated rings. The molecule has 2 nitrogen and oxygen atoms in total. The Kier molecular flexibility index (Phi) is 3.86. The van der Waals surface area contributed by atoms with Crippen molar-refractivity contribution < 1.29 is 4.79 Å². The Morgan fingerprint density at radius 3 is 2.88 bits per heavy atom. The Morgan fingerprint density at radius 2 is 2.24 bits per heavy atom.